The number of hydrogen-bond acceptors (Lipinski definition) is 11. The fourth-order valence-corrected chi connectivity index (χ4v) is 9.27. The van der Waals surface area contributed by atoms with Crippen molar-refractivity contribution in [2.75, 3.05) is 20.7 Å². The van der Waals surface area contributed by atoms with E-state index in [-0.39, 0.29) is 25.0 Å². The summed E-state index contributed by atoms with van der Waals surface area (Å²) >= 11 is 0. The summed E-state index contributed by atoms with van der Waals surface area (Å²) < 4.78 is 30.7. The maximum atomic E-state index is 13.7. The third kappa shape index (κ3) is 6.41. The topological polar surface area (TPSA) is 141 Å². The number of nitrogens with zero attached hydrogens (tertiary/aromatic N) is 1. The minimum atomic E-state index is -1.25. The van der Waals surface area contributed by atoms with Crippen LogP contribution in [-0.4, -0.2) is 90.7 Å². The standard InChI is InChI=1S/C37H51NO10/c1-20-27(45-21(2)39)17-25-31(46-22(3)40)33-36(7,34(43)32(47-23(4)41)30(20)35(25,5)6)16-15-28(37(33)19-44-37)48-29(42)18-26(38(8)9)24-13-11-10-12-14-24/h10-14,25-28,31-34,43H,15-19H2,1-9H3/t25-,26-,27-,28-,31+,32+,33-,34-,36+,37-/m0/s1. The summed E-state index contributed by atoms with van der Waals surface area (Å²) in [6.07, 6.45) is -3.30. The first kappa shape index (κ1) is 36.0. The fraction of sp³-hybridized carbons (Fsp3) is 0.676. The number of carbonyl (C=O) groups is 4. The Morgan fingerprint density at radius 3 is 2.10 bits per heavy atom. The molecule has 48 heavy (non-hydrogen) atoms. The van der Waals surface area contributed by atoms with E-state index >= 15 is 0 Å². The number of esters is 4. The molecular weight excluding hydrogens is 618 g/mol. The minimum absolute atomic E-state index is 0.114. The van der Waals surface area contributed by atoms with Gasteiger partial charge in [-0.3, -0.25) is 19.2 Å². The Hall–Kier alpha value is -3.28. The maximum absolute atomic E-state index is 13.7. The summed E-state index contributed by atoms with van der Waals surface area (Å²) in [4.78, 5) is 53.5. The summed E-state index contributed by atoms with van der Waals surface area (Å²) in [6, 6.07) is 9.55. The average molecular weight is 670 g/mol. The second-order valence-corrected chi connectivity index (χ2v) is 15.1. The first-order valence-corrected chi connectivity index (χ1v) is 16.9. The number of aliphatic hydroxyl groups is 1. The van der Waals surface area contributed by atoms with E-state index in [1.54, 1.807) is 0 Å². The van der Waals surface area contributed by atoms with Crippen molar-refractivity contribution in [3.8, 4) is 0 Å². The molecule has 1 spiro atoms. The van der Waals surface area contributed by atoms with Gasteiger partial charge in [0.25, 0.3) is 0 Å². The molecule has 1 heterocycles. The Kier molecular flexibility index (Phi) is 9.91. The van der Waals surface area contributed by atoms with Gasteiger partial charge in [0.1, 0.15) is 30.0 Å². The van der Waals surface area contributed by atoms with E-state index in [2.05, 4.69) is 0 Å². The Bertz CT molecular complexity index is 1450. The van der Waals surface area contributed by atoms with E-state index in [1.165, 1.54) is 20.8 Å². The van der Waals surface area contributed by atoms with Crippen LogP contribution in [0.5, 0.6) is 0 Å². The molecule has 0 amide bonds. The lowest BCUT2D eigenvalue weighted by atomic mass is 9.48. The highest BCUT2D eigenvalue weighted by atomic mass is 16.6. The van der Waals surface area contributed by atoms with Crippen LogP contribution >= 0.6 is 0 Å². The smallest absolute Gasteiger partial charge is 0.308 e. The van der Waals surface area contributed by atoms with Gasteiger partial charge in [0, 0.05) is 44.1 Å². The molecule has 2 bridgehead atoms. The highest BCUT2D eigenvalue weighted by molar-refractivity contribution is 5.71. The molecule has 4 aliphatic rings. The third-order valence-electron chi connectivity index (χ3n) is 11.5. The molecule has 0 unspecified atom stereocenters. The molecule has 1 N–H and O–H groups in total. The first-order valence-electron chi connectivity index (χ1n) is 16.9. The summed E-state index contributed by atoms with van der Waals surface area (Å²) in [5.41, 5.74) is -0.495. The van der Waals surface area contributed by atoms with Gasteiger partial charge in [-0.15, -0.1) is 0 Å². The van der Waals surface area contributed by atoms with E-state index in [0.717, 1.165) is 5.56 Å². The predicted molar refractivity (Wildman–Crippen MR) is 174 cm³/mol. The monoisotopic (exact) mass is 669 g/mol. The van der Waals surface area contributed by atoms with Gasteiger partial charge in [-0.25, -0.2) is 0 Å². The molecule has 3 fully saturated rings. The molecule has 0 aromatic heterocycles. The van der Waals surface area contributed by atoms with Gasteiger partial charge in [0.15, 0.2) is 6.10 Å². The van der Waals surface area contributed by atoms with Crippen LogP contribution < -0.4 is 0 Å². The maximum Gasteiger partial charge on any atom is 0.308 e. The van der Waals surface area contributed by atoms with Crippen molar-refractivity contribution in [1.82, 2.24) is 4.90 Å². The van der Waals surface area contributed by atoms with Crippen LogP contribution in [0.3, 0.4) is 0 Å². The molecule has 264 valence electrons. The van der Waals surface area contributed by atoms with Crippen LogP contribution in [0.1, 0.15) is 85.8 Å². The highest BCUT2D eigenvalue weighted by Crippen LogP contribution is 2.65. The molecule has 5 rings (SSSR count). The van der Waals surface area contributed by atoms with Gasteiger partial charge < -0.3 is 33.7 Å². The zero-order valence-electron chi connectivity index (χ0n) is 29.6. The van der Waals surface area contributed by atoms with Gasteiger partial charge in [-0.2, -0.15) is 0 Å². The van der Waals surface area contributed by atoms with Crippen molar-refractivity contribution in [3.63, 3.8) is 0 Å². The second-order valence-electron chi connectivity index (χ2n) is 15.1. The van der Waals surface area contributed by atoms with Crippen LogP contribution in [0.25, 0.3) is 0 Å². The largest absolute Gasteiger partial charge is 0.462 e. The number of carbonyl (C=O) groups excluding carboxylic acids is 4. The number of aliphatic hydroxyl groups excluding tert-OH is 1. The normalized spacial score (nSPS) is 35.9. The number of ether oxygens (including phenoxy) is 5. The van der Waals surface area contributed by atoms with Crippen molar-refractivity contribution < 1.29 is 48.0 Å². The summed E-state index contributed by atoms with van der Waals surface area (Å²) in [7, 11) is 3.84. The molecular formula is C37H51NO10. The lowest BCUT2D eigenvalue weighted by molar-refractivity contribution is -0.223. The van der Waals surface area contributed by atoms with E-state index in [9.17, 15) is 24.3 Å². The first-order chi connectivity index (χ1) is 22.4. The molecule has 3 aliphatic carbocycles. The Labute approximate surface area is 283 Å². The van der Waals surface area contributed by atoms with Crippen LogP contribution in [0.4, 0.5) is 0 Å². The number of benzene rings is 1. The van der Waals surface area contributed by atoms with Crippen molar-refractivity contribution in [3.05, 3.63) is 47.0 Å². The Balaban J connectivity index is 1.59. The van der Waals surface area contributed by atoms with Gasteiger partial charge in [-0.05, 0) is 62.4 Å². The molecule has 1 aliphatic heterocycles. The van der Waals surface area contributed by atoms with Crippen molar-refractivity contribution >= 4 is 23.9 Å². The van der Waals surface area contributed by atoms with Gasteiger partial charge in [-0.1, -0.05) is 51.1 Å². The predicted octanol–water partition coefficient (Wildman–Crippen LogP) is 4.31. The highest BCUT2D eigenvalue weighted by Gasteiger charge is 2.74. The van der Waals surface area contributed by atoms with Gasteiger partial charge >= 0.3 is 23.9 Å². The fourth-order valence-electron chi connectivity index (χ4n) is 9.27. The summed E-state index contributed by atoms with van der Waals surface area (Å²) in [5, 5.41) is 12.5. The lowest BCUT2D eigenvalue weighted by Gasteiger charge is -2.60. The van der Waals surface area contributed by atoms with Crippen LogP contribution in [0, 0.1) is 22.7 Å². The molecule has 1 saturated heterocycles. The molecule has 2 saturated carbocycles. The minimum Gasteiger partial charge on any atom is -0.462 e. The third-order valence-corrected chi connectivity index (χ3v) is 11.5. The van der Waals surface area contributed by atoms with E-state index < -0.39 is 76.7 Å². The summed E-state index contributed by atoms with van der Waals surface area (Å²) in [6.45, 7) is 11.9. The van der Waals surface area contributed by atoms with Crippen molar-refractivity contribution in [2.45, 2.75) is 116 Å². The summed E-state index contributed by atoms with van der Waals surface area (Å²) in [5.74, 6) is -3.03. The second kappa shape index (κ2) is 13.2. The molecule has 1 aromatic carbocycles. The van der Waals surface area contributed by atoms with E-state index in [0.29, 0.717) is 30.4 Å². The number of rotatable bonds is 8. The van der Waals surface area contributed by atoms with E-state index in [4.69, 9.17) is 23.7 Å². The van der Waals surface area contributed by atoms with Crippen LogP contribution in [0.2, 0.25) is 0 Å². The quantitative estimate of drug-likeness (QED) is 0.183. The molecule has 11 heteroatoms. The van der Waals surface area contributed by atoms with Crippen LogP contribution in [0.15, 0.2) is 41.5 Å². The molecule has 10 atom stereocenters. The Morgan fingerprint density at radius 2 is 1.56 bits per heavy atom. The van der Waals surface area contributed by atoms with Crippen LogP contribution in [-0.2, 0) is 42.9 Å². The van der Waals surface area contributed by atoms with Crippen molar-refractivity contribution in [1.29, 1.82) is 0 Å². The van der Waals surface area contributed by atoms with Crippen molar-refractivity contribution in [2.24, 2.45) is 22.7 Å². The zero-order chi connectivity index (χ0) is 35.3. The number of fused-ring (bicyclic) bond motifs is 4. The van der Waals surface area contributed by atoms with Gasteiger partial charge in [0.2, 0.25) is 0 Å². The molecule has 0 radical (unpaired) electrons. The average Bonchev–Trinajstić information content (AvgIpc) is 3.77. The number of epoxide rings is 1. The SMILES string of the molecule is CC(=O)O[C@@H]1[C@@H]2C[C@H](OC(C)=O)C(C)=C([C@@H](OC(C)=O)[C@H](O)[C@]3(C)CC[C@H](OC(=O)C[C@@H](c4ccccc4)N(C)C)[C@@]4(CO4)[C@@H]13)C2(C)C. The van der Waals surface area contributed by atoms with E-state index in [1.807, 2.05) is 77.0 Å². The Morgan fingerprint density at radius 1 is 0.958 bits per heavy atom. The van der Waals surface area contributed by atoms with Gasteiger partial charge in [0.05, 0.1) is 13.0 Å². The molecule has 11 nitrogen and oxygen atoms in total. The number of hydrogen-bond donors (Lipinski definition) is 1. The molecule has 1 aromatic rings. The zero-order valence-corrected chi connectivity index (χ0v) is 29.6. The lowest BCUT2D eigenvalue weighted by Crippen LogP contribution is -2.68.